The molecule has 0 aliphatic heterocycles. The number of rotatable bonds is 3. The second kappa shape index (κ2) is 6.66. The Labute approximate surface area is 171 Å². The number of Topliss-reactive ketones (excluding diaryl/α,β-unsaturated/α-hetero) is 1. The predicted octanol–water partition coefficient (Wildman–Crippen LogP) is 4.44. The van der Waals surface area contributed by atoms with Crippen molar-refractivity contribution in [2.75, 3.05) is 5.32 Å². The van der Waals surface area contributed by atoms with E-state index in [4.69, 9.17) is 0 Å². The van der Waals surface area contributed by atoms with Crippen LogP contribution in [0.5, 0.6) is 0 Å². The van der Waals surface area contributed by atoms with Crippen molar-refractivity contribution in [2.24, 2.45) is 5.41 Å². The summed E-state index contributed by atoms with van der Waals surface area (Å²) in [6.45, 7) is 4.20. The fourth-order valence-corrected chi connectivity index (χ4v) is 4.54. The van der Waals surface area contributed by atoms with Gasteiger partial charge in [0, 0.05) is 30.6 Å². The highest BCUT2D eigenvalue weighted by Gasteiger charge is 2.34. The van der Waals surface area contributed by atoms with Gasteiger partial charge in [-0.3, -0.25) is 9.78 Å². The van der Waals surface area contributed by atoms with Crippen molar-refractivity contribution in [3.8, 4) is 11.1 Å². The number of carbonyl (C=O) groups is 1. The molecule has 144 valence electrons. The van der Waals surface area contributed by atoms with Crippen molar-refractivity contribution in [3.05, 3.63) is 53.7 Å². The van der Waals surface area contributed by atoms with Crippen LogP contribution in [0.2, 0.25) is 0 Å². The van der Waals surface area contributed by atoms with Gasteiger partial charge in [-0.1, -0.05) is 25.2 Å². The zero-order chi connectivity index (χ0) is 20.0. The molecule has 4 heterocycles. The fourth-order valence-electron chi connectivity index (χ4n) is 3.62. The Kier molecular flexibility index (Phi) is 4.09. The first-order valence-corrected chi connectivity index (χ1v) is 10.1. The first-order valence-electron chi connectivity index (χ1n) is 9.30. The van der Waals surface area contributed by atoms with E-state index >= 15 is 0 Å². The molecule has 0 radical (unpaired) electrons. The monoisotopic (exact) mass is 402 g/mol. The third kappa shape index (κ3) is 3.36. The van der Waals surface area contributed by atoms with Crippen molar-refractivity contribution in [3.63, 3.8) is 0 Å². The largest absolute Gasteiger partial charge is 0.316 e. The maximum Gasteiger partial charge on any atom is 0.189 e. The number of fused-ring (bicyclic) bond motifs is 2. The van der Waals surface area contributed by atoms with Gasteiger partial charge in [0.05, 0.1) is 16.0 Å². The number of hydrogen-bond acceptors (Lipinski definition) is 8. The number of aromatic nitrogens is 5. The summed E-state index contributed by atoms with van der Waals surface area (Å²) in [6.07, 6.45) is 8.11. The molecule has 0 fully saturated rings. The molecule has 0 spiro atoms. The van der Waals surface area contributed by atoms with Gasteiger partial charge in [-0.2, -0.15) is 0 Å². The van der Waals surface area contributed by atoms with Crippen LogP contribution in [0.1, 0.15) is 35.6 Å². The molecule has 0 saturated heterocycles. The van der Waals surface area contributed by atoms with Crippen LogP contribution in [0.15, 0.2) is 43.1 Å². The lowest BCUT2D eigenvalue weighted by atomic mass is 9.78. The molecule has 1 aliphatic rings. The maximum atomic E-state index is 12.5. The van der Waals surface area contributed by atoms with Crippen molar-refractivity contribution < 1.29 is 4.79 Å². The molecule has 4 aromatic heterocycles. The van der Waals surface area contributed by atoms with E-state index in [9.17, 15) is 4.79 Å². The maximum absolute atomic E-state index is 12.5. The third-order valence-electron chi connectivity index (χ3n) is 4.96. The minimum Gasteiger partial charge on any atom is -0.316 e. The lowest BCUT2D eigenvalue weighted by Crippen LogP contribution is -2.25. The number of carbonyl (C=O) groups excluding carboxylic acids is 1. The van der Waals surface area contributed by atoms with Crippen LogP contribution < -0.4 is 5.32 Å². The molecule has 0 bridgehead atoms. The summed E-state index contributed by atoms with van der Waals surface area (Å²) < 4.78 is 0. The van der Waals surface area contributed by atoms with Gasteiger partial charge in [0.2, 0.25) is 0 Å². The van der Waals surface area contributed by atoms with E-state index in [2.05, 4.69) is 44.1 Å². The van der Waals surface area contributed by atoms with E-state index in [-0.39, 0.29) is 11.2 Å². The number of pyridine rings is 2. The summed E-state index contributed by atoms with van der Waals surface area (Å²) in [6, 6.07) is 5.87. The van der Waals surface area contributed by atoms with E-state index in [0.717, 1.165) is 33.5 Å². The molecule has 7 nitrogen and oxygen atoms in total. The standard InChI is InChI=1S/C21H18N6OS/c1-21(2)8-15-17(16(28)9-21)29-20(26-15)27-19-14-7-13(12-3-5-22-6-4-12)10-23-18(14)24-11-25-19/h3-7,10-11H,8-9H2,1-2H3,(H,23,24,25,26,27). The second-order valence-corrected chi connectivity index (χ2v) is 8.91. The summed E-state index contributed by atoms with van der Waals surface area (Å²) in [5.41, 5.74) is 3.38. The van der Waals surface area contributed by atoms with Crippen molar-refractivity contribution in [1.29, 1.82) is 0 Å². The summed E-state index contributed by atoms with van der Waals surface area (Å²) in [5, 5.41) is 4.74. The van der Waals surface area contributed by atoms with Gasteiger partial charge in [-0.25, -0.2) is 19.9 Å². The minimum atomic E-state index is -0.0552. The molecule has 0 atom stereocenters. The molecular formula is C21H18N6OS. The Morgan fingerprint density at radius 2 is 1.90 bits per heavy atom. The smallest absolute Gasteiger partial charge is 0.189 e. The van der Waals surface area contributed by atoms with Crippen molar-refractivity contribution in [1.82, 2.24) is 24.9 Å². The Bertz CT molecular complexity index is 1230. The summed E-state index contributed by atoms with van der Waals surface area (Å²) >= 11 is 1.39. The fraction of sp³-hybridized carbons (Fsp3) is 0.238. The van der Waals surface area contributed by atoms with Gasteiger partial charge >= 0.3 is 0 Å². The zero-order valence-electron chi connectivity index (χ0n) is 16.0. The quantitative estimate of drug-likeness (QED) is 0.541. The van der Waals surface area contributed by atoms with E-state index in [1.807, 2.05) is 18.2 Å². The summed E-state index contributed by atoms with van der Waals surface area (Å²) in [5.74, 6) is 0.784. The number of ketones is 1. The molecule has 5 rings (SSSR count). The number of nitrogens with one attached hydrogen (secondary N) is 1. The van der Waals surface area contributed by atoms with Gasteiger partial charge in [0.15, 0.2) is 16.6 Å². The van der Waals surface area contributed by atoms with Gasteiger partial charge in [-0.15, -0.1) is 0 Å². The molecule has 29 heavy (non-hydrogen) atoms. The lowest BCUT2D eigenvalue weighted by molar-refractivity contribution is 0.0916. The molecular weight excluding hydrogens is 384 g/mol. The van der Waals surface area contributed by atoms with E-state index < -0.39 is 0 Å². The number of anilines is 2. The Morgan fingerprint density at radius 3 is 2.72 bits per heavy atom. The van der Waals surface area contributed by atoms with Crippen LogP contribution in [0.25, 0.3) is 22.2 Å². The number of hydrogen-bond donors (Lipinski definition) is 1. The molecule has 4 aromatic rings. The van der Waals surface area contributed by atoms with Gasteiger partial charge in [0.25, 0.3) is 0 Å². The highest BCUT2D eigenvalue weighted by molar-refractivity contribution is 7.17. The minimum absolute atomic E-state index is 0.0552. The molecule has 1 aliphatic carbocycles. The van der Waals surface area contributed by atoms with E-state index in [0.29, 0.717) is 23.0 Å². The molecule has 0 aromatic carbocycles. The predicted molar refractivity (Wildman–Crippen MR) is 112 cm³/mol. The topological polar surface area (TPSA) is 93.6 Å². The molecule has 0 amide bonds. The van der Waals surface area contributed by atoms with Crippen LogP contribution in [0, 0.1) is 5.41 Å². The van der Waals surface area contributed by atoms with E-state index in [1.54, 1.807) is 18.6 Å². The average molecular weight is 402 g/mol. The van der Waals surface area contributed by atoms with Crippen LogP contribution in [-0.4, -0.2) is 30.7 Å². The van der Waals surface area contributed by atoms with E-state index in [1.165, 1.54) is 17.7 Å². The Morgan fingerprint density at radius 1 is 1.07 bits per heavy atom. The molecule has 0 unspecified atom stereocenters. The highest BCUT2D eigenvalue weighted by atomic mass is 32.1. The summed E-state index contributed by atoms with van der Waals surface area (Å²) in [4.78, 5) is 35.1. The second-order valence-electron chi connectivity index (χ2n) is 7.91. The Balaban J connectivity index is 1.54. The van der Waals surface area contributed by atoms with Crippen molar-refractivity contribution >= 4 is 39.1 Å². The first kappa shape index (κ1) is 17.8. The average Bonchev–Trinajstić information content (AvgIpc) is 3.10. The number of nitrogens with zero attached hydrogens (tertiary/aromatic N) is 5. The highest BCUT2D eigenvalue weighted by Crippen LogP contribution is 2.39. The van der Waals surface area contributed by atoms with Crippen molar-refractivity contribution in [2.45, 2.75) is 26.7 Å². The van der Waals surface area contributed by atoms with Crippen LogP contribution in [0.4, 0.5) is 10.9 Å². The molecule has 0 saturated carbocycles. The number of thiazole rings is 1. The van der Waals surface area contributed by atoms with Gasteiger partial charge in [-0.05, 0) is 35.6 Å². The molecule has 1 N–H and O–H groups in total. The van der Waals surface area contributed by atoms with Gasteiger partial charge in [0.1, 0.15) is 12.1 Å². The SMILES string of the molecule is CC1(C)CC(=O)c2sc(Nc3ncnc4ncc(-c5ccncc5)cc34)nc2C1. The van der Waals surface area contributed by atoms with Gasteiger partial charge < -0.3 is 5.32 Å². The molecule has 8 heteroatoms. The zero-order valence-corrected chi connectivity index (χ0v) is 16.8. The normalized spacial score (nSPS) is 15.3. The summed E-state index contributed by atoms with van der Waals surface area (Å²) in [7, 11) is 0. The van der Waals surface area contributed by atoms with Crippen LogP contribution in [0.3, 0.4) is 0 Å². The Hall–Kier alpha value is -3.26. The van der Waals surface area contributed by atoms with Crippen LogP contribution in [-0.2, 0) is 6.42 Å². The lowest BCUT2D eigenvalue weighted by Gasteiger charge is -2.26. The van der Waals surface area contributed by atoms with Crippen LogP contribution >= 0.6 is 11.3 Å². The third-order valence-corrected chi connectivity index (χ3v) is 6.02. The first-order chi connectivity index (χ1) is 14.0.